The van der Waals surface area contributed by atoms with E-state index >= 15 is 0 Å². The number of hydrogen-bond donors (Lipinski definition) is 1. The summed E-state index contributed by atoms with van der Waals surface area (Å²) >= 11 is 0. The number of carbonyl (C=O) groups is 1. The molecule has 0 radical (unpaired) electrons. The van der Waals surface area contributed by atoms with Crippen LogP contribution in [0.15, 0.2) is 73.1 Å². The number of halogens is 4. The monoisotopic (exact) mass is 494 g/mol. The van der Waals surface area contributed by atoms with Gasteiger partial charge in [-0.15, -0.1) is 0 Å². The first-order valence-electron chi connectivity index (χ1n) is 10.8. The summed E-state index contributed by atoms with van der Waals surface area (Å²) in [5.74, 6) is -1.24. The molecule has 0 spiro atoms. The van der Waals surface area contributed by atoms with Crippen LogP contribution in [0.4, 0.5) is 23.2 Å². The summed E-state index contributed by atoms with van der Waals surface area (Å²) in [4.78, 5) is 17.0. The van der Waals surface area contributed by atoms with E-state index in [4.69, 9.17) is 0 Å². The molecule has 36 heavy (non-hydrogen) atoms. The lowest BCUT2D eigenvalue weighted by molar-refractivity contribution is -0.142. The van der Waals surface area contributed by atoms with Crippen molar-refractivity contribution in [2.45, 2.75) is 19.6 Å². The normalized spacial score (nSPS) is 11.7. The van der Waals surface area contributed by atoms with Gasteiger partial charge in [-0.3, -0.25) is 9.48 Å². The van der Waals surface area contributed by atoms with Crippen molar-refractivity contribution in [3.05, 3.63) is 101 Å². The van der Waals surface area contributed by atoms with Crippen LogP contribution in [0.25, 0.3) is 16.9 Å². The van der Waals surface area contributed by atoms with Gasteiger partial charge in [-0.05, 0) is 42.8 Å². The summed E-state index contributed by atoms with van der Waals surface area (Å²) in [5, 5.41) is 10.7. The van der Waals surface area contributed by atoms with E-state index in [0.29, 0.717) is 16.7 Å². The summed E-state index contributed by atoms with van der Waals surface area (Å²) < 4.78 is 56.8. The zero-order valence-electron chi connectivity index (χ0n) is 18.8. The van der Waals surface area contributed by atoms with Crippen molar-refractivity contribution in [2.24, 2.45) is 0 Å². The molecule has 0 aliphatic rings. The van der Waals surface area contributed by atoms with Crippen molar-refractivity contribution in [1.82, 2.24) is 24.4 Å². The Bertz CT molecular complexity index is 1570. The van der Waals surface area contributed by atoms with Crippen LogP contribution in [0.2, 0.25) is 0 Å². The number of fused-ring (bicyclic) bond motifs is 1. The fraction of sp³-hybridized carbons (Fsp3) is 0.120. The molecule has 1 amide bonds. The van der Waals surface area contributed by atoms with Crippen LogP contribution in [0, 0.1) is 12.7 Å². The Balaban J connectivity index is 1.42. The third-order valence-electron chi connectivity index (χ3n) is 5.41. The number of rotatable bonds is 5. The fourth-order valence-electron chi connectivity index (χ4n) is 3.76. The molecule has 0 saturated heterocycles. The number of amides is 1. The molecule has 5 aromatic rings. The second-order valence-corrected chi connectivity index (χ2v) is 8.20. The molecule has 0 unspecified atom stereocenters. The molecule has 5 rings (SSSR count). The average Bonchev–Trinajstić information content (AvgIpc) is 3.45. The van der Waals surface area contributed by atoms with Crippen molar-refractivity contribution in [3.63, 3.8) is 0 Å². The lowest BCUT2D eigenvalue weighted by atomic mass is 10.1. The highest BCUT2D eigenvalue weighted by atomic mass is 19.4. The third-order valence-corrected chi connectivity index (χ3v) is 5.41. The van der Waals surface area contributed by atoms with Crippen LogP contribution >= 0.6 is 0 Å². The van der Waals surface area contributed by atoms with Crippen LogP contribution in [-0.4, -0.2) is 30.3 Å². The van der Waals surface area contributed by atoms with E-state index in [1.165, 1.54) is 18.3 Å². The van der Waals surface area contributed by atoms with Crippen molar-refractivity contribution in [2.75, 3.05) is 5.32 Å². The first-order chi connectivity index (χ1) is 17.2. The second kappa shape index (κ2) is 8.91. The zero-order valence-corrected chi connectivity index (χ0v) is 18.8. The maximum atomic E-state index is 13.8. The lowest BCUT2D eigenvalue weighted by Crippen LogP contribution is -2.15. The summed E-state index contributed by atoms with van der Waals surface area (Å²) in [6.45, 7) is 2.46. The van der Waals surface area contributed by atoms with Crippen molar-refractivity contribution in [1.29, 1.82) is 0 Å². The van der Waals surface area contributed by atoms with Gasteiger partial charge in [0.15, 0.2) is 17.0 Å². The van der Waals surface area contributed by atoms with Gasteiger partial charge in [0, 0.05) is 17.8 Å². The number of carbonyl (C=O) groups excluding carboxylic acids is 1. The molecule has 0 aliphatic heterocycles. The Morgan fingerprint density at radius 2 is 1.83 bits per heavy atom. The molecular weight excluding hydrogens is 476 g/mol. The smallest absolute Gasteiger partial charge is 0.318 e. The highest BCUT2D eigenvalue weighted by molar-refractivity contribution is 6.03. The van der Waals surface area contributed by atoms with Gasteiger partial charge < -0.3 is 5.32 Å². The number of nitrogens with zero attached hydrogens (tertiary/aromatic N) is 5. The molecular formula is C25H18F4N6O. The standard InChI is InChI=1S/C25H18F4N6O/c1-15-3-2-4-16(9-15)13-34-14-19(12-30-34)31-24(36)21-11-23-32-20(17-5-7-18(26)8-6-17)10-22(25(27,28)29)35(23)33-21/h2-12,14H,13H2,1H3,(H,31,36). The number of nitrogens with one attached hydrogen (secondary N) is 1. The highest BCUT2D eigenvalue weighted by Crippen LogP contribution is 2.32. The SMILES string of the molecule is Cc1cccc(Cn2cc(NC(=O)c3cc4nc(-c5ccc(F)cc5)cc(C(F)(F)F)n4n3)cn2)c1. The molecule has 182 valence electrons. The van der Waals surface area contributed by atoms with Gasteiger partial charge in [0.05, 0.1) is 24.1 Å². The van der Waals surface area contributed by atoms with E-state index in [0.717, 1.165) is 35.4 Å². The van der Waals surface area contributed by atoms with Crippen LogP contribution in [0.3, 0.4) is 0 Å². The largest absolute Gasteiger partial charge is 0.433 e. The van der Waals surface area contributed by atoms with Gasteiger partial charge in [0.25, 0.3) is 5.91 Å². The van der Waals surface area contributed by atoms with Crippen molar-refractivity contribution >= 4 is 17.2 Å². The third kappa shape index (κ3) is 4.81. The molecule has 11 heteroatoms. The summed E-state index contributed by atoms with van der Waals surface area (Å²) in [5.41, 5.74) is 1.21. The molecule has 1 N–H and O–H groups in total. The minimum absolute atomic E-state index is 0.0286. The summed E-state index contributed by atoms with van der Waals surface area (Å²) in [6, 6.07) is 14.8. The van der Waals surface area contributed by atoms with Crippen LogP contribution < -0.4 is 5.32 Å². The first-order valence-corrected chi connectivity index (χ1v) is 10.8. The topological polar surface area (TPSA) is 77.1 Å². The Hall–Kier alpha value is -4.54. The predicted molar refractivity (Wildman–Crippen MR) is 124 cm³/mol. The van der Waals surface area contributed by atoms with E-state index < -0.39 is 23.6 Å². The van der Waals surface area contributed by atoms with E-state index in [1.807, 2.05) is 31.2 Å². The Morgan fingerprint density at radius 3 is 2.56 bits per heavy atom. The van der Waals surface area contributed by atoms with Crippen LogP contribution in [0.1, 0.15) is 27.3 Å². The molecule has 7 nitrogen and oxygen atoms in total. The molecule has 0 fully saturated rings. The second-order valence-electron chi connectivity index (χ2n) is 8.20. The Labute approximate surface area is 202 Å². The molecule has 0 atom stereocenters. The van der Waals surface area contributed by atoms with Gasteiger partial charge in [-0.25, -0.2) is 13.9 Å². The van der Waals surface area contributed by atoms with Crippen LogP contribution in [0.5, 0.6) is 0 Å². The molecule has 3 aromatic heterocycles. The van der Waals surface area contributed by atoms with Gasteiger partial charge in [0.1, 0.15) is 5.82 Å². The van der Waals surface area contributed by atoms with E-state index in [1.54, 1.807) is 10.9 Å². The Kier molecular flexibility index (Phi) is 5.75. The number of aryl methyl sites for hydroxylation is 1. The predicted octanol–water partition coefficient (Wildman–Crippen LogP) is 5.36. The maximum absolute atomic E-state index is 13.8. The van der Waals surface area contributed by atoms with Gasteiger partial charge in [0.2, 0.25) is 0 Å². The highest BCUT2D eigenvalue weighted by Gasteiger charge is 2.35. The van der Waals surface area contributed by atoms with E-state index in [9.17, 15) is 22.4 Å². The van der Waals surface area contributed by atoms with Crippen molar-refractivity contribution < 1.29 is 22.4 Å². The quantitative estimate of drug-likeness (QED) is 0.334. The number of hydrogen-bond acceptors (Lipinski definition) is 4. The summed E-state index contributed by atoms with van der Waals surface area (Å²) in [7, 11) is 0. The number of benzene rings is 2. The lowest BCUT2D eigenvalue weighted by Gasteiger charge is -2.11. The number of anilines is 1. The molecule has 0 saturated carbocycles. The molecule has 3 heterocycles. The molecule has 0 bridgehead atoms. The summed E-state index contributed by atoms with van der Waals surface area (Å²) in [6.07, 6.45) is -1.72. The first kappa shape index (κ1) is 23.2. The van der Waals surface area contributed by atoms with Gasteiger partial charge >= 0.3 is 6.18 Å². The number of alkyl halides is 3. The van der Waals surface area contributed by atoms with E-state index in [-0.39, 0.29) is 22.6 Å². The fourth-order valence-corrected chi connectivity index (χ4v) is 3.76. The van der Waals surface area contributed by atoms with Crippen LogP contribution in [-0.2, 0) is 12.7 Å². The minimum Gasteiger partial charge on any atom is -0.318 e. The van der Waals surface area contributed by atoms with Crippen molar-refractivity contribution in [3.8, 4) is 11.3 Å². The van der Waals surface area contributed by atoms with E-state index in [2.05, 4.69) is 20.5 Å². The minimum atomic E-state index is -4.77. The molecule has 0 aliphatic carbocycles. The molecule has 2 aromatic carbocycles. The number of aromatic nitrogens is 5. The van der Waals surface area contributed by atoms with Gasteiger partial charge in [-0.1, -0.05) is 29.8 Å². The maximum Gasteiger partial charge on any atom is 0.433 e. The van der Waals surface area contributed by atoms with Gasteiger partial charge in [-0.2, -0.15) is 23.4 Å². The zero-order chi connectivity index (χ0) is 25.4. The average molecular weight is 494 g/mol. The Morgan fingerprint density at radius 1 is 1.06 bits per heavy atom.